The largest absolute Gasteiger partial charge is 0.379 e. The van der Waals surface area contributed by atoms with Gasteiger partial charge in [0.25, 0.3) is 5.91 Å². The van der Waals surface area contributed by atoms with Crippen LogP contribution in [0.5, 0.6) is 0 Å². The molecule has 0 unspecified atom stereocenters. The number of nitrogens with zero attached hydrogens (tertiary/aromatic N) is 4. The van der Waals surface area contributed by atoms with E-state index in [2.05, 4.69) is 25.4 Å². The van der Waals surface area contributed by atoms with E-state index in [-0.39, 0.29) is 11.9 Å². The average Bonchev–Trinajstić information content (AvgIpc) is 3.57. The maximum atomic E-state index is 12.6. The van der Waals surface area contributed by atoms with Gasteiger partial charge >= 0.3 is 0 Å². The summed E-state index contributed by atoms with van der Waals surface area (Å²) in [7, 11) is 0. The third kappa shape index (κ3) is 4.81. The lowest BCUT2D eigenvalue weighted by molar-refractivity contribution is 0.0925. The second-order valence-corrected chi connectivity index (χ2v) is 8.51. The zero-order chi connectivity index (χ0) is 22.8. The number of hydrogen-bond acceptors (Lipinski definition) is 5. The zero-order valence-corrected chi connectivity index (χ0v) is 18.8. The molecule has 9 heteroatoms. The molecule has 2 N–H and O–H groups in total. The highest BCUT2D eigenvalue weighted by molar-refractivity contribution is 6.30. The molecule has 1 fully saturated rings. The number of amides is 1. The summed E-state index contributed by atoms with van der Waals surface area (Å²) < 4.78 is 7.21. The van der Waals surface area contributed by atoms with Gasteiger partial charge in [0.05, 0.1) is 25.4 Å². The molecule has 1 amide bonds. The summed E-state index contributed by atoms with van der Waals surface area (Å²) >= 11 is 5.97. The minimum atomic E-state index is -0.204. The predicted molar refractivity (Wildman–Crippen MR) is 125 cm³/mol. The number of halogens is 1. The molecule has 4 heterocycles. The Kier molecular flexibility index (Phi) is 5.93. The van der Waals surface area contributed by atoms with Crippen LogP contribution in [0, 0.1) is 6.92 Å². The molecular weight excluding hydrogens is 440 g/mol. The van der Waals surface area contributed by atoms with Crippen molar-refractivity contribution in [1.82, 2.24) is 30.0 Å². The molecule has 8 nitrogen and oxygen atoms in total. The number of nitrogens with one attached hydrogen (secondary N) is 2. The van der Waals surface area contributed by atoms with E-state index in [0.717, 1.165) is 23.1 Å². The number of ether oxygens (including phenoxy) is 1. The summed E-state index contributed by atoms with van der Waals surface area (Å²) in [4.78, 5) is 24.8. The third-order valence-corrected chi connectivity index (χ3v) is 5.84. The number of carbonyl (C=O) groups is 1. The number of carbonyl (C=O) groups excluding carboxylic acids is 1. The van der Waals surface area contributed by atoms with Crippen LogP contribution in [-0.2, 0) is 11.3 Å². The first-order chi connectivity index (χ1) is 16.0. The van der Waals surface area contributed by atoms with E-state index in [1.54, 1.807) is 6.20 Å². The highest BCUT2D eigenvalue weighted by Gasteiger charge is 2.22. The summed E-state index contributed by atoms with van der Waals surface area (Å²) in [5, 5.41) is 8.17. The van der Waals surface area contributed by atoms with Crippen LogP contribution < -0.4 is 5.32 Å². The topological polar surface area (TPSA) is 97.7 Å². The molecule has 4 aromatic rings. The quantitative estimate of drug-likeness (QED) is 0.453. The van der Waals surface area contributed by atoms with Crippen LogP contribution in [0.4, 0.5) is 0 Å². The van der Waals surface area contributed by atoms with Gasteiger partial charge in [-0.05, 0) is 48.7 Å². The van der Waals surface area contributed by atoms with E-state index >= 15 is 0 Å². The first kappa shape index (κ1) is 21.4. The molecule has 1 aromatic carbocycles. The van der Waals surface area contributed by atoms with Crippen molar-refractivity contribution in [1.29, 1.82) is 0 Å². The van der Waals surface area contributed by atoms with Crippen molar-refractivity contribution in [2.45, 2.75) is 25.9 Å². The Morgan fingerprint density at radius 1 is 1.27 bits per heavy atom. The number of hydrogen-bond donors (Lipinski definition) is 2. The minimum Gasteiger partial charge on any atom is -0.379 e. The Morgan fingerprint density at radius 2 is 2.12 bits per heavy atom. The zero-order valence-electron chi connectivity index (χ0n) is 18.1. The lowest BCUT2D eigenvalue weighted by atomic mass is 10.1. The van der Waals surface area contributed by atoms with Crippen LogP contribution in [-0.4, -0.2) is 49.9 Å². The molecule has 0 aliphatic carbocycles. The maximum absolute atomic E-state index is 12.6. The smallest absolute Gasteiger partial charge is 0.272 e. The number of imidazole rings is 1. The number of benzene rings is 1. The van der Waals surface area contributed by atoms with Gasteiger partial charge in [-0.2, -0.15) is 5.10 Å². The lowest BCUT2D eigenvalue weighted by Crippen LogP contribution is -2.35. The van der Waals surface area contributed by atoms with E-state index in [1.165, 1.54) is 0 Å². The molecular formula is C24H23ClN6O2. The van der Waals surface area contributed by atoms with Crippen LogP contribution in [0.25, 0.3) is 22.6 Å². The molecule has 5 rings (SSSR count). The third-order valence-electron chi connectivity index (χ3n) is 5.59. The summed E-state index contributed by atoms with van der Waals surface area (Å²) in [6.07, 6.45) is 6.36. The van der Waals surface area contributed by atoms with Gasteiger partial charge in [0.1, 0.15) is 11.4 Å². The second kappa shape index (κ2) is 9.17. The van der Waals surface area contributed by atoms with Crippen molar-refractivity contribution in [3.63, 3.8) is 0 Å². The van der Waals surface area contributed by atoms with Gasteiger partial charge in [-0.3, -0.25) is 14.5 Å². The standard InChI is InChI=1S/C24H23ClN6O2/c1-15-22(24(32)29-20-7-9-33-14-20)30-23(28-15)21-10-17(6-8-26-21)18-11-27-31(13-18)12-16-2-4-19(25)5-3-16/h2-6,8,10-11,13,20H,7,9,12,14H2,1H3,(H,28,30)(H,29,32)/t20-/m0/s1. The molecule has 0 bridgehead atoms. The Bertz CT molecular complexity index is 1270. The van der Waals surface area contributed by atoms with Gasteiger partial charge in [0.2, 0.25) is 0 Å². The normalized spacial score (nSPS) is 15.6. The summed E-state index contributed by atoms with van der Waals surface area (Å²) in [6, 6.07) is 11.6. The van der Waals surface area contributed by atoms with Gasteiger partial charge in [-0.1, -0.05) is 23.7 Å². The SMILES string of the molecule is Cc1[nH]c(-c2cc(-c3cnn(Cc4ccc(Cl)cc4)c3)ccn2)nc1C(=O)N[C@H]1CCOC1. The van der Waals surface area contributed by atoms with Gasteiger partial charge in [-0.25, -0.2) is 4.98 Å². The lowest BCUT2D eigenvalue weighted by Gasteiger charge is -2.09. The molecule has 168 valence electrons. The molecule has 1 atom stereocenters. The van der Waals surface area contributed by atoms with Crippen LogP contribution in [0.3, 0.4) is 0 Å². The van der Waals surface area contributed by atoms with E-state index < -0.39 is 0 Å². The summed E-state index contributed by atoms with van der Waals surface area (Å²) in [6.45, 7) is 3.69. The van der Waals surface area contributed by atoms with E-state index in [1.807, 2.05) is 60.4 Å². The molecule has 1 aliphatic rings. The predicted octanol–water partition coefficient (Wildman–Crippen LogP) is 3.86. The fourth-order valence-corrected chi connectivity index (χ4v) is 3.95. The molecule has 0 spiro atoms. The average molecular weight is 463 g/mol. The molecule has 33 heavy (non-hydrogen) atoms. The number of aromatic nitrogens is 5. The molecule has 1 saturated heterocycles. The van der Waals surface area contributed by atoms with Crippen molar-refractivity contribution in [2.75, 3.05) is 13.2 Å². The Labute approximate surface area is 196 Å². The molecule has 3 aromatic heterocycles. The fourth-order valence-electron chi connectivity index (χ4n) is 3.82. The van der Waals surface area contributed by atoms with Gasteiger partial charge in [-0.15, -0.1) is 0 Å². The van der Waals surface area contributed by atoms with Crippen molar-refractivity contribution in [2.24, 2.45) is 0 Å². The first-order valence-corrected chi connectivity index (χ1v) is 11.1. The van der Waals surface area contributed by atoms with Crippen molar-refractivity contribution in [3.05, 3.63) is 77.0 Å². The van der Waals surface area contributed by atoms with E-state index in [9.17, 15) is 4.79 Å². The number of H-pyrrole nitrogens is 1. The summed E-state index contributed by atoms with van der Waals surface area (Å²) in [5.41, 5.74) is 4.78. The van der Waals surface area contributed by atoms with Crippen LogP contribution in [0.1, 0.15) is 28.2 Å². The second-order valence-electron chi connectivity index (χ2n) is 8.08. The summed E-state index contributed by atoms with van der Waals surface area (Å²) in [5.74, 6) is 0.348. The molecule has 0 saturated carbocycles. The van der Waals surface area contributed by atoms with E-state index in [0.29, 0.717) is 47.7 Å². The van der Waals surface area contributed by atoms with Gasteiger partial charge < -0.3 is 15.0 Å². The maximum Gasteiger partial charge on any atom is 0.272 e. The van der Waals surface area contributed by atoms with Gasteiger partial charge in [0, 0.05) is 35.3 Å². The fraction of sp³-hybridized carbons (Fsp3) is 0.250. The monoisotopic (exact) mass is 462 g/mol. The highest BCUT2D eigenvalue weighted by atomic mass is 35.5. The first-order valence-electron chi connectivity index (χ1n) is 10.7. The van der Waals surface area contributed by atoms with Crippen molar-refractivity contribution >= 4 is 17.5 Å². The van der Waals surface area contributed by atoms with Crippen molar-refractivity contribution < 1.29 is 9.53 Å². The van der Waals surface area contributed by atoms with Crippen molar-refractivity contribution in [3.8, 4) is 22.6 Å². The Morgan fingerprint density at radius 3 is 2.91 bits per heavy atom. The van der Waals surface area contributed by atoms with Crippen LogP contribution >= 0.6 is 11.6 Å². The number of pyridine rings is 1. The molecule has 1 aliphatic heterocycles. The van der Waals surface area contributed by atoms with Crippen LogP contribution in [0.15, 0.2) is 55.0 Å². The minimum absolute atomic E-state index is 0.0305. The highest BCUT2D eigenvalue weighted by Crippen LogP contribution is 2.24. The number of aryl methyl sites for hydroxylation is 1. The van der Waals surface area contributed by atoms with Gasteiger partial charge in [0.15, 0.2) is 5.82 Å². The molecule has 0 radical (unpaired) electrons. The Hall–Kier alpha value is -3.49. The van der Waals surface area contributed by atoms with Crippen LogP contribution in [0.2, 0.25) is 5.02 Å². The Balaban J connectivity index is 1.34. The number of aromatic amines is 1. The number of rotatable bonds is 6. The van der Waals surface area contributed by atoms with E-state index in [4.69, 9.17) is 16.3 Å².